The summed E-state index contributed by atoms with van der Waals surface area (Å²) >= 11 is 0. The Kier molecular flexibility index (Phi) is 53.5. The third-order valence-corrected chi connectivity index (χ3v) is 15.3. The van der Waals surface area contributed by atoms with Crippen LogP contribution >= 0.6 is 7.82 Å². The van der Waals surface area contributed by atoms with E-state index in [-0.39, 0.29) is 19.1 Å². The minimum Gasteiger partial charge on any atom is -0.756 e. The van der Waals surface area contributed by atoms with Gasteiger partial charge in [-0.1, -0.05) is 281 Å². The molecule has 1 amide bonds. The first-order chi connectivity index (χ1) is 35.0. The lowest BCUT2D eigenvalue weighted by molar-refractivity contribution is -0.870. The molecule has 426 valence electrons. The van der Waals surface area contributed by atoms with Gasteiger partial charge in [-0.2, -0.15) is 0 Å². The zero-order valence-electron chi connectivity index (χ0n) is 48.6. The molecular weight excluding hydrogens is 912 g/mol. The second kappa shape index (κ2) is 54.5. The van der Waals surface area contributed by atoms with Gasteiger partial charge in [-0.3, -0.25) is 9.36 Å². The van der Waals surface area contributed by atoms with Crippen molar-refractivity contribution in [3.05, 3.63) is 36.5 Å². The zero-order valence-corrected chi connectivity index (χ0v) is 49.5. The van der Waals surface area contributed by atoms with Gasteiger partial charge in [0.15, 0.2) is 0 Å². The second-order valence-electron chi connectivity index (χ2n) is 22.8. The minimum absolute atomic E-state index is 0.00471. The number of rotatable bonds is 58. The van der Waals surface area contributed by atoms with E-state index in [1.807, 2.05) is 27.2 Å². The standard InChI is InChI=1S/C63H123N2O6P/c1-6-8-10-12-14-16-18-20-21-22-23-24-25-26-27-28-29-30-31-32-33-34-35-36-37-38-39-40-41-42-43-45-47-49-51-53-55-57-63(67)64-61(60-71-72(68,69)70-59-58-65(3,4)5)62(66)56-54-52-50-48-46-44-19-17-15-13-11-9-7-2/h22-23,46,48,54,56,61-62,66H,6-21,24-45,47,49-53,55,57-60H2,1-5H3,(H-,64,67,68,69)/b23-22-,48-46+,56-54+. The fraction of sp³-hybridized carbons (Fsp3) is 0.889. The molecule has 0 aromatic heterocycles. The molecular formula is C63H123N2O6P. The van der Waals surface area contributed by atoms with Gasteiger partial charge in [0.1, 0.15) is 13.2 Å². The van der Waals surface area contributed by atoms with Crippen LogP contribution < -0.4 is 10.2 Å². The Morgan fingerprint density at radius 3 is 1.12 bits per heavy atom. The molecule has 0 radical (unpaired) electrons. The number of phosphoric ester groups is 1. The number of carbonyl (C=O) groups excluding carboxylic acids is 1. The Morgan fingerprint density at radius 1 is 0.472 bits per heavy atom. The van der Waals surface area contributed by atoms with Crippen molar-refractivity contribution in [2.75, 3.05) is 40.9 Å². The van der Waals surface area contributed by atoms with E-state index in [9.17, 15) is 19.4 Å². The Morgan fingerprint density at radius 2 is 0.778 bits per heavy atom. The van der Waals surface area contributed by atoms with Gasteiger partial charge in [-0.25, -0.2) is 0 Å². The first kappa shape index (κ1) is 70.7. The van der Waals surface area contributed by atoms with Gasteiger partial charge >= 0.3 is 0 Å². The predicted molar refractivity (Wildman–Crippen MR) is 311 cm³/mol. The van der Waals surface area contributed by atoms with Gasteiger partial charge in [0.2, 0.25) is 5.91 Å². The summed E-state index contributed by atoms with van der Waals surface area (Å²) in [5.41, 5.74) is 0. The van der Waals surface area contributed by atoms with Gasteiger partial charge in [0.25, 0.3) is 7.82 Å². The van der Waals surface area contributed by atoms with Gasteiger partial charge < -0.3 is 28.8 Å². The number of aliphatic hydroxyl groups excluding tert-OH is 1. The van der Waals surface area contributed by atoms with Crippen molar-refractivity contribution in [2.45, 2.75) is 321 Å². The molecule has 72 heavy (non-hydrogen) atoms. The number of hydrogen-bond donors (Lipinski definition) is 2. The molecule has 3 unspecified atom stereocenters. The van der Waals surface area contributed by atoms with Gasteiger partial charge in [0.05, 0.1) is 39.9 Å². The predicted octanol–water partition coefficient (Wildman–Crippen LogP) is 18.7. The molecule has 0 saturated heterocycles. The van der Waals surface area contributed by atoms with Gasteiger partial charge in [0, 0.05) is 6.42 Å². The highest BCUT2D eigenvalue weighted by Gasteiger charge is 2.23. The number of aliphatic hydroxyl groups is 1. The van der Waals surface area contributed by atoms with Crippen molar-refractivity contribution in [1.82, 2.24) is 5.32 Å². The topological polar surface area (TPSA) is 108 Å². The van der Waals surface area contributed by atoms with Gasteiger partial charge in [-0.05, 0) is 57.8 Å². The monoisotopic (exact) mass is 1030 g/mol. The summed E-state index contributed by atoms with van der Waals surface area (Å²) in [7, 11) is 1.25. The molecule has 9 heteroatoms. The molecule has 0 aromatic rings. The lowest BCUT2D eigenvalue weighted by Gasteiger charge is -2.29. The van der Waals surface area contributed by atoms with Crippen LogP contribution in [0.1, 0.15) is 309 Å². The van der Waals surface area contributed by atoms with Crippen LogP contribution in [-0.2, 0) is 18.4 Å². The maximum Gasteiger partial charge on any atom is 0.268 e. The smallest absolute Gasteiger partial charge is 0.268 e. The van der Waals surface area contributed by atoms with Gasteiger partial charge in [-0.15, -0.1) is 0 Å². The van der Waals surface area contributed by atoms with Crippen molar-refractivity contribution < 1.29 is 32.9 Å². The van der Waals surface area contributed by atoms with Crippen LogP contribution in [-0.4, -0.2) is 68.5 Å². The quantitative estimate of drug-likeness (QED) is 0.0272. The fourth-order valence-corrected chi connectivity index (χ4v) is 10.1. The number of hydrogen-bond acceptors (Lipinski definition) is 6. The Balaban J connectivity index is 3.90. The summed E-state index contributed by atoms with van der Waals surface area (Å²) < 4.78 is 23.3. The second-order valence-corrected chi connectivity index (χ2v) is 24.2. The highest BCUT2D eigenvalue weighted by atomic mass is 31.2. The van der Waals surface area contributed by atoms with Crippen LogP contribution in [0.2, 0.25) is 0 Å². The highest BCUT2D eigenvalue weighted by Crippen LogP contribution is 2.38. The maximum absolute atomic E-state index is 12.9. The third-order valence-electron chi connectivity index (χ3n) is 14.3. The number of phosphoric acid groups is 1. The number of quaternary nitrogens is 1. The SMILES string of the molecule is CCCCCCCCC/C=C/CC/C=C/C(O)C(COP(=O)([O-])OCC[N+](C)(C)C)NC(=O)CCCCCCCCCCCCCCCCCCCCCCCCCCC/C=C\CCCCCCCCCC. The summed E-state index contributed by atoms with van der Waals surface area (Å²) in [6.45, 7) is 4.64. The van der Waals surface area contributed by atoms with Crippen LogP contribution in [0.3, 0.4) is 0 Å². The van der Waals surface area contributed by atoms with E-state index >= 15 is 0 Å². The summed E-state index contributed by atoms with van der Waals surface area (Å²) in [6, 6.07) is -0.900. The molecule has 0 rings (SSSR count). The van der Waals surface area contributed by atoms with E-state index in [0.717, 1.165) is 38.5 Å². The number of amides is 1. The van der Waals surface area contributed by atoms with Crippen molar-refractivity contribution >= 4 is 13.7 Å². The van der Waals surface area contributed by atoms with Crippen LogP contribution in [0.25, 0.3) is 0 Å². The first-order valence-electron chi connectivity index (χ1n) is 31.4. The number of likely N-dealkylation sites (N-methyl/N-ethyl adjacent to an activating group) is 1. The van der Waals surface area contributed by atoms with E-state index in [2.05, 4.69) is 43.5 Å². The fourth-order valence-electron chi connectivity index (χ4n) is 9.40. The number of nitrogens with zero attached hydrogens (tertiary/aromatic N) is 1. The Labute approximate surface area is 448 Å². The Bertz CT molecular complexity index is 1270. The largest absolute Gasteiger partial charge is 0.756 e. The Hall–Kier alpha value is -1.28. The molecule has 0 heterocycles. The molecule has 0 saturated carbocycles. The van der Waals surface area contributed by atoms with Crippen molar-refractivity contribution in [2.24, 2.45) is 0 Å². The summed E-state index contributed by atoms with van der Waals surface area (Å²) in [6.07, 6.45) is 71.3. The van der Waals surface area contributed by atoms with Crippen LogP contribution in [0, 0.1) is 0 Å². The van der Waals surface area contributed by atoms with E-state index in [1.54, 1.807) is 6.08 Å². The average Bonchev–Trinajstić information content (AvgIpc) is 3.34. The molecule has 8 nitrogen and oxygen atoms in total. The first-order valence-corrected chi connectivity index (χ1v) is 32.8. The van der Waals surface area contributed by atoms with Crippen molar-refractivity contribution in [3.63, 3.8) is 0 Å². The number of unbranched alkanes of at least 4 members (excludes halogenated alkanes) is 41. The number of nitrogens with one attached hydrogen (secondary N) is 1. The molecule has 0 aliphatic carbocycles. The molecule has 0 aromatic carbocycles. The zero-order chi connectivity index (χ0) is 52.7. The van der Waals surface area contributed by atoms with Crippen LogP contribution in [0.15, 0.2) is 36.5 Å². The minimum atomic E-state index is -4.60. The summed E-state index contributed by atoms with van der Waals surface area (Å²) in [5, 5.41) is 13.8. The average molecular weight is 1040 g/mol. The van der Waals surface area contributed by atoms with E-state index in [1.165, 1.54) is 250 Å². The summed E-state index contributed by atoms with van der Waals surface area (Å²) in [5.74, 6) is -0.203. The molecule has 0 bridgehead atoms. The van der Waals surface area contributed by atoms with Crippen LogP contribution in [0.4, 0.5) is 0 Å². The lowest BCUT2D eigenvalue weighted by atomic mass is 10.0. The van der Waals surface area contributed by atoms with Crippen molar-refractivity contribution in [3.8, 4) is 0 Å². The van der Waals surface area contributed by atoms with E-state index < -0.39 is 20.0 Å². The molecule has 0 aliphatic heterocycles. The molecule has 0 aliphatic rings. The van der Waals surface area contributed by atoms with E-state index in [0.29, 0.717) is 17.4 Å². The maximum atomic E-state index is 12.9. The van der Waals surface area contributed by atoms with Crippen LogP contribution in [0.5, 0.6) is 0 Å². The highest BCUT2D eigenvalue weighted by molar-refractivity contribution is 7.45. The lowest BCUT2D eigenvalue weighted by Crippen LogP contribution is -2.45. The number of allylic oxidation sites excluding steroid dienone is 5. The molecule has 0 spiro atoms. The van der Waals surface area contributed by atoms with E-state index in [4.69, 9.17) is 9.05 Å². The summed E-state index contributed by atoms with van der Waals surface area (Å²) in [4.78, 5) is 25.5. The number of carbonyl (C=O) groups is 1. The molecule has 3 atom stereocenters. The third kappa shape index (κ3) is 56.4. The molecule has 0 fully saturated rings. The van der Waals surface area contributed by atoms with Crippen molar-refractivity contribution in [1.29, 1.82) is 0 Å². The normalized spacial score (nSPS) is 14.0. The molecule has 2 N–H and O–H groups in total.